The molecule has 6 heteroatoms. The minimum atomic E-state index is -3.31. The van der Waals surface area contributed by atoms with Gasteiger partial charge in [0.05, 0.1) is 0 Å². The van der Waals surface area contributed by atoms with E-state index in [9.17, 15) is 8.42 Å². The molecule has 18 heavy (non-hydrogen) atoms. The van der Waals surface area contributed by atoms with Crippen molar-refractivity contribution in [2.45, 2.75) is 46.1 Å². The van der Waals surface area contributed by atoms with Crippen LogP contribution in [0.25, 0.3) is 0 Å². The smallest absolute Gasteiger partial charge is 0.282 e. The van der Waals surface area contributed by atoms with Crippen LogP contribution >= 0.6 is 0 Å². The molecular formula is C12H27N3O2S. The van der Waals surface area contributed by atoms with Crippen LogP contribution < -0.4 is 5.73 Å². The molecule has 1 heterocycles. The number of nitrogens with zero attached hydrogens (tertiary/aromatic N) is 2. The van der Waals surface area contributed by atoms with Gasteiger partial charge in [-0.25, -0.2) is 0 Å². The lowest BCUT2D eigenvalue weighted by molar-refractivity contribution is 0.329. The summed E-state index contributed by atoms with van der Waals surface area (Å²) in [7, 11) is -3.31. The summed E-state index contributed by atoms with van der Waals surface area (Å²) in [6, 6.07) is 0.0692. The van der Waals surface area contributed by atoms with Crippen LogP contribution in [0.1, 0.15) is 40.0 Å². The van der Waals surface area contributed by atoms with Crippen LogP contribution in [0.15, 0.2) is 0 Å². The zero-order valence-electron chi connectivity index (χ0n) is 11.8. The van der Waals surface area contributed by atoms with E-state index >= 15 is 0 Å². The first kappa shape index (κ1) is 15.9. The first-order valence-electron chi connectivity index (χ1n) is 6.94. The van der Waals surface area contributed by atoms with Crippen molar-refractivity contribution < 1.29 is 8.42 Å². The summed E-state index contributed by atoms with van der Waals surface area (Å²) in [5.41, 5.74) is 5.66. The zero-order valence-corrected chi connectivity index (χ0v) is 12.6. The Morgan fingerprint density at radius 3 is 2.22 bits per heavy atom. The highest BCUT2D eigenvalue weighted by Gasteiger charge is 2.39. The summed E-state index contributed by atoms with van der Waals surface area (Å²) in [4.78, 5) is 0. The van der Waals surface area contributed by atoms with Crippen LogP contribution in [0.5, 0.6) is 0 Å². The van der Waals surface area contributed by atoms with Crippen molar-refractivity contribution in [3.63, 3.8) is 0 Å². The monoisotopic (exact) mass is 277 g/mol. The Hall–Kier alpha value is -0.170. The maximum atomic E-state index is 12.6. The molecule has 0 aromatic rings. The third-order valence-electron chi connectivity index (χ3n) is 3.51. The topological polar surface area (TPSA) is 66.6 Å². The predicted octanol–water partition coefficient (Wildman–Crippen LogP) is 1.02. The molecule has 0 aliphatic carbocycles. The SMILES string of the molecule is CCCN(CCC)S(=O)(=O)N1CC(CN)CC1C. The molecule has 1 rings (SSSR count). The fourth-order valence-electron chi connectivity index (χ4n) is 2.59. The van der Waals surface area contributed by atoms with E-state index in [1.807, 2.05) is 20.8 Å². The third-order valence-corrected chi connectivity index (χ3v) is 5.63. The van der Waals surface area contributed by atoms with Crippen molar-refractivity contribution in [3.8, 4) is 0 Å². The van der Waals surface area contributed by atoms with E-state index in [1.165, 1.54) is 0 Å². The van der Waals surface area contributed by atoms with Gasteiger partial charge in [0.1, 0.15) is 0 Å². The highest BCUT2D eigenvalue weighted by atomic mass is 32.2. The standard InChI is InChI=1S/C12H27N3O2S/c1-4-6-14(7-5-2)18(16,17)15-10-12(9-13)8-11(15)3/h11-12H,4-10,13H2,1-3H3. The van der Waals surface area contributed by atoms with Crippen molar-refractivity contribution in [1.82, 2.24) is 8.61 Å². The van der Waals surface area contributed by atoms with E-state index in [4.69, 9.17) is 5.73 Å². The number of rotatable bonds is 7. The van der Waals surface area contributed by atoms with E-state index < -0.39 is 10.2 Å². The van der Waals surface area contributed by atoms with Gasteiger partial charge in [0.15, 0.2) is 0 Å². The molecule has 2 atom stereocenters. The Kier molecular flexibility index (Phi) is 6.04. The van der Waals surface area contributed by atoms with Gasteiger partial charge in [-0.05, 0) is 38.6 Å². The second kappa shape index (κ2) is 6.84. The molecular weight excluding hydrogens is 250 g/mol. The fraction of sp³-hybridized carbons (Fsp3) is 1.00. The van der Waals surface area contributed by atoms with Crippen molar-refractivity contribution in [3.05, 3.63) is 0 Å². The summed E-state index contributed by atoms with van der Waals surface area (Å²) >= 11 is 0. The maximum Gasteiger partial charge on any atom is 0.282 e. The van der Waals surface area contributed by atoms with Crippen molar-refractivity contribution in [2.75, 3.05) is 26.2 Å². The van der Waals surface area contributed by atoms with Crippen LogP contribution in [-0.2, 0) is 10.2 Å². The average Bonchev–Trinajstić information content (AvgIpc) is 2.71. The fourth-order valence-corrected chi connectivity index (χ4v) is 4.65. The van der Waals surface area contributed by atoms with Gasteiger partial charge in [-0.1, -0.05) is 13.8 Å². The first-order valence-corrected chi connectivity index (χ1v) is 8.34. The normalized spacial score (nSPS) is 26.1. The average molecular weight is 277 g/mol. The van der Waals surface area contributed by atoms with Gasteiger partial charge in [0, 0.05) is 25.7 Å². The molecule has 0 aromatic carbocycles. The summed E-state index contributed by atoms with van der Waals surface area (Å²) in [5, 5.41) is 0. The molecule has 1 saturated heterocycles. The van der Waals surface area contributed by atoms with Gasteiger partial charge < -0.3 is 5.73 Å². The van der Waals surface area contributed by atoms with E-state index in [-0.39, 0.29) is 6.04 Å². The molecule has 108 valence electrons. The van der Waals surface area contributed by atoms with Crippen molar-refractivity contribution >= 4 is 10.2 Å². The molecule has 0 amide bonds. The van der Waals surface area contributed by atoms with Gasteiger partial charge >= 0.3 is 0 Å². The van der Waals surface area contributed by atoms with Gasteiger partial charge in [0.2, 0.25) is 0 Å². The van der Waals surface area contributed by atoms with E-state index in [0.29, 0.717) is 32.1 Å². The lowest BCUT2D eigenvalue weighted by Gasteiger charge is -2.29. The number of nitrogens with two attached hydrogens (primary N) is 1. The second-order valence-electron chi connectivity index (χ2n) is 5.16. The molecule has 1 aliphatic rings. The van der Waals surface area contributed by atoms with Gasteiger partial charge in [-0.3, -0.25) is 0 Å². The Morgan fingerprint density at radius 2 is 1.83 bits per heavy atom. The Labute approximate surface area is 112 Å². The molecule has 2 N–H and O–H groups in total. The van der Waals surface area contributed by atoms with Crippen molar-refractivity contribution in [1.29, 1.82) is 0 Å². The quantitative estimate of drug-likeness (QED) is 0.755. The highest BCUT2D eigenvalue weighted by molar-refractivity contribution is 7.86. The summed E-state index contributed by atoms with van der Waals surface area (Å²) in [6.45, 7) is 8.34. The van der Waals surface area contributed by atoms with Gasteiger partial charge in [0.25, 0.3) is 10.2 Å². The number of hydrogen-bond acceptors (Lipinski definition) is 3. The first-order chi connectivity index (χ1) is 8.47. The Morgan fingerprint density at radius 1 is 1.28 bits per heavy atom. The molecule has 0 aromatic heterocycles. The van der Waals surface area contributed by atoms with Gasteiger partial charge in [-0.2, -0.15) is 17.0 Å². The lowest BCUT2D eigenvalue weighted by atomic mass is 10.1. The number of hydrogen-bond donors (Lipinski definition) is 1. The summed E-state index contributed by atoms with van der Waals surface area (Å²) in [6.07, 6.45) is 2.57. The predicted molar refractivity (Wildman–Crippen MR) is 74.4 cm³/mol. The summed E-state index contributed by atoms with van der Waals surface area (Å²) in [5.74, 6) is 0.305. The second-order valence-corrected chi connectivity index (χ2v) is 7.04. The van der Waals surface area contributed by atoms with E-state index in [0.717, 1.165) is 19.3 Å². The molecule has 0 radical (unpaired) electrons. The lowest BCUT2D eigenvalue weighted by Crippen LogP contribution is -2.46. The van der Waals surface area contributed by atoms with Crippen LogP contribution in [0.2, 0.25) is 0 Å². The molecule has 0 bridgehead atoms. The molecule has 5 nitrogen and oxygen atoms in total. The van der Waals surface area contributed by atoms with E-state index in [1.54, 1.807) is 8.61 Å². The molecule has 1 fully saturated rings. The maximum absolute atomic E-state index is 12.6. The third kappa shape index (κ3) is 3.44. The molecule has 0 saturated carbocycles. The minimum absolute atomic E-state index is 0.0692. The molecule has 1 aliphatic heterocycles. The molecule has 2 unspecified atom stereocenters. The summed E-state index contributed by atoms with van der Waals surface area (Å²) < 4.78 is 28.4. The zero-order chi connectivity index (χ0) is 13.8. The van der Waals surface area contributed by atoms with Crippen LogP contribution in [0.4, 0.5) is 0 Å². The Bertz CT molecular complexity index is 339. The van der Waals surface area contributed by atoms with Crippen molar-refractivity contribution in [2.24, 2.45) is 11.7 Å². The largest absolute Gasteiger partial charge is 0.330 e. The minimum Gasteiger partial charge on any atom is -0.330 e. The van der Waals surface area contributed by atoms with E-state index in [2.05, 4.69) is 0 Å². The van der Waals surface area contributed by atoms with Crippen LogP contribution in [0, 0.1) is 5.92 Å². The van der Waals surface area contributed by atoms with Crippen LogP contribution in [-0.4, -0.2) is 49.2 Å². The Balaban J connectivity index is 2.83. The van der Waals surface area contributed by atoms with Crippen LogP contribution in [0.3, 0.4) is 0 Å². The highest BCUT2D eigenvalue weighted by Crippen LogP contribution is 2.27. The molecule has 0 spiro atoms. The van der Waals surface area contributed by atoms with Gasteiger partial charge in [-0.15, -0.1) is 0 Å².